The monoisotopic (exact) mass is 236 g/mol. The van der Waals surface area contributed by atoms with E-state index in [0.29, 0.717) is 5.82 Å². The molecule has 3 N–H and O–H groups in total. The largest absolute Gasteiger partial charge is 0.480 e. The van der Waals surface area contributed by atoms with E-state index in [0.717, 1.165) is 18.3 Å². The van der Waals surface area contributed by atoms with Crippen molar-refractivity contribution in [2.24, 2.45) is 5.92 Å². The van der Waals surface area contributed by atoms with Crippen LogP contribution in [0.4, 0.5) is 11.6 Å². The molecular formula is C11H16N4O2. The third-order valence-electron chi connectivity index (χ3n) is 2.88. The highest BCUT2D eigenvalue weighted by Gasteiger charge is 2.16. The van der Waals surface area contributed by atoms with E-state index < -0.39 is 5.97 Å². The minimum Gasteiger partial charge on any atom is -0.480 e. The van der Waals surface area contributed by atoms with E-state index in [1.165, 1.54) is 25.6 Å². The number of nitrogens with one attached hydrogen (secondary N) is 2. The van der Waals surface area contributed by atoms with Crippen LogP contribution in [0.2, 0.25) is 0 Å². The number of aromatic nitrogens is 2. The summed E-state index contributed by atoms with van der Waals surface area (Å²) in [5.74, 6) is 1.10. The third kappa shape index (κ3) is 3.58. The van der Waals surface area contributed by atoms with Crippen molar-refractivity contribution in [2.45, 2.75) is 19.3 Å². The SMILES string of the molecule is O=C(O)CNc1cc(NCC2CCC2)ncn1. The Kier molecular flexibility index (Phi) is 3.74. The molecule has 1 fully saturated rings. The molecule has 1 aliphatic carbocycles. The van der Waals surface area contributed by atoms with Gasteiger partial charge in [-0.05, 0) is 18.8 Å². The molecule has 92 valence electrons. The molecule has 1 aromatic rings. The molecule has 1 heterocycles. The highest BCUT2D eigenvalue weighted by molar-refractivity contribution is 5.72. The van der Waals surface area contributed by atoms with Crippen molar-refractivity contribution >= 4 is 17.6 Å². The van der Waals surface area contributed by atoms with Crippen molar-refractivity contribution < 1.29 is 9.90 Å². The first-order chi connectivity index (χ1) is 8.24. The van der Waals surface area contributed by atoms with Gasteiger partial charge < -0.3 is 15.7 Å². The van der Waals surface area contributed by atoms with Crippen LogP contribution >= 0.6 is 0 Å². The average molecular weight is 236 g/mol. The fourth-order valence-electron chi connectivity index (χ4n) is 1.66. The maximum absolute atomic E-state index is 10.4. The molecule has 0 unspecified atom stereocenters. The van der Waals surface area contributed by atoms with E-state index in [9.17, 15) is 4.79 Å². The maximum Gasteiger partial charge on any atom is 0.322 e. The molecule has 0 aliphatic heterocycles. The van der Waals surface area contributed by atoms with Crippen molar-refractivity contribution in [2.75, 3.05) is 23.7 Å². The van der Waals surface area contributed by atoms with Crippen LogP contribution in [0.25, 0.3) is 0 Å². The van der Waals surface area contributed by atoms with Crippen LogP contribution in [0.3, 0.4) is 0 Å². The summed E-state index contributed by atoms with van der Waals surface area (Å²) in [5, 5.41) is 14.5. The van der Waals surface area contributed by atoms with Gasteiger partial charge in [-0.2, -0.15) is 0 Å². The number of hydrogen-bond acceptors (Lipinski definition) is 5. The van der Waals surface area contributed by atoms with Crippen LogP contribution in [-0.4, -0.2) is 34.1 Å². The second kappa shape index (κ2) is 5.47. The van der Waals surface area contributed by atoms with Crippen LogP contribution in [0, 0.1) is 5.92 Å². The minimum absolute atomic E-state index is 0.140. The molecule has 1 saturated carbocycles. The number of carbonyl (C=O) groups is 1. The maximum atomic E-state index is 10.4. The number of anilines is 2. The van der Waals surface area contributed by atoms with Gasteiger partial charge in [-0.15, -0.1) is 0 Å². The first-order valence-electron chi connectivity index (χ1n) is 5.75. The van der Waals surface area contributed by atoms with E-state index in [-0.39, 0.29) is 6.54 Å². The fourth-order valence-corrected chi connectivity index (χ4v) is 1.66. The Morgan fingerprint density at radius 3 is 2.65 bits per heavy atom. The zero-order valence-corrected chi connectivity index (χ0v) is 9.52. The second-order valence-electron chi connectivity index (χ2n) is 4.21. The number of aliphatic carboxylic acids is 1. The lowest BCUT2D eigenvalue weighted by atomic mass is 9.85. The van der Waals surface area contributed by atoms with Gasteiger partial charge in [0.15, 0.2) is 0 Å². The summed E-state index contributed by atoms with van der Waals surface area (Å²) in [7, 11) is 0. The van der Waals surface area contributed by atoms with E-state index >= 15 is 0 Å². The fraction of sp³-hybridized carbons (Fsp3) is 0.545. The Hall–Kier alpha value is -1.85. The first-order valence-corrected chi connectivity index (χ1v) is 5.75. The zero-order chi connectivity index (χ0) is 12.1. The molecule has 0 saturated heterocycles. The van der Waals surface area contributed by atoms with Crippen LogP contribution in [-0.2, 0) is 4.79 Å². The summed E-state index contributed by atoms with van der Waals surface area (Å²) in [6, 6.07) is 1.72. The van der Waals surface area contributed by atoms with Gasteiger partial charge in [-0.3, -0.25) is 4.79 Å². The van der Waals surface area contributed by atoms with Crippen molar-refractivity contribution in [3.05, 3.63) is 12.4 Å². The Labute approximate surface area is 99.5 Å². The summed E-state index contributed by atoms with van der Waals surface area (Å²) < 4.78 is 0. The lowest BCUT2D eigenvalue weighted by molar-refractivity contribution is -0.134. The van der Waals surface area contributed by atoms with Gasteiger partial charge in [0.05, 0.1) is 0 Å². The van der Waals surface area contributed by atoms with E-state index in [1.54, 1.807) is 6.07 Å². The first kappa shape index (κ1) is 11.6. The highest BCUT2D eigenvalue weighted by atomic mass is 16.4. The molecule has 6 heteroatoms. The summed E-state index contributed by atoms with van der Waals surface area (Å²) in [6.07, 6.45) is 5.30. The van der Waals surface area contributed by atoms with Crippen LogP contribution in [0.5, 0.6) is 0 Å². The Balaban J connectivity index is 1.84. The second-order valence-corrected chi connectivity index (χ2v) is 4.21. The lowest BCUT2D eigenvalue weighted by Gasteiger charge is -2.25. The zero-order valence-electron chi connectivity index (χ0n) is 9.52. The van der Waals surface area contributed by atoms with Gasteiger partial charge >= 0.3 is 5.97 Å². The summed E-state index contributed by atoms with van der Waals surface area (Å²) in [6.45, 7) is 0.786. The Morgan fingerprint density at radius 1 is 1.35 bits per heavy atom. The molecular weight excluding hydrogens is 220 g/mol. The van der Waals surface area contributed by atoms with E-state index in [2.05, 4.69) is 20.6 Å². The van der Waals surface area contributed by atoms with Gasteiger partial charge in [0.2, 0.25) is 0 Å². The predicted octanol–water partition coefficient (Wildman–Crippen LogP) is 1.19. The van der Waals surface area contributed by atoms with Crippen LogP contribution < -0.4 is 10.6 Å². The van der Waals surface area contributed by atoms with Crippen LogP contribution in [0.1, 0.15) is 19.3 Å². The third-order valence-corrected chi connectivity index (χ3v) is 2.88. The van der Waals surface area contributed by atoms with Crippen molar-refractivity contribution in [1.82, 2.24) is 9.97 Å². The van der Waals surface area contributed by atoms with E-state index in [4.69, 9.17) is 5.11 Å². The molecule has 0 amide bonds. The molecule has 17 heavy (non-hydrogen) atoms. The van der Waals surface area contributed by atoms with Crippen molar-refractivity contribution in [3.8, 4) is 0 Å². The number of nitrogens with zero attached hydrogens (tertiary/aromatic N) is 2. The molecule has 0 spiro atoms. The molecule has 2 rings (SSSR count). The number of hydrogen-bond donors (Lipinski definition) is 3. The number of rotatable bonds is 6. The van der Waals surface area contributed by atoms with Crippen molar-refractivity contribution in [3.63, 3.8) is 0 Å². The topological polar surface area (TPSA) is 87.1 Å². The summed E-state index contributed by atoms with van der Waals surface area (Å²) >= 11 is 0. The smallest absolute Gasteiger partial charge is 0.322 e. The van der Waals surface area contributed by atoms with Crippen molar-refractivity contribution in [1.29, 1.82) is 0 Å². The number of carboxylic acids is 1. The number of carboxylic acid groups (broad SMARTS) is 1. The molecule has 0 atom stereocenters. The Morgan fingerprint density at radius 2 is 2.06 bits per heavy atom. The Bertz CT molecular complexity index is 393. The molecule has 1 aromatic heterocycles. The quantitative estimate of drug-likeness (QED) is 0.687. The lowest BCUT2D eigenvalue weighted by Crippen LogP contribution is -2.21. The summed E-state index contributed by atoms with van der Waals surface area (Å²) in [4.78, 5) is 18.4. The molecule has 0 bridgehead atoms. The molecule has 6 nitrogen and oxygen atoms in total. The minimum atomic E-state index is -0.910. The summed E-state index contributed by atoms with van der Waals surface area (Å²) in [5.41, 5.74) is 0. The van der Waals surface area contributed by atoms with E-state index in [1.807, 2.05) is 0 Å². The average Bonchev–Trinajstić information content (AvgIpc) is 2.25. The standard InChI is InChI=1S/C11H16N4O2/c16-11(17)6-13-10-4-9(14-7-15-10)12-5-8-2-1-3-8/h4,7-8H,1-3,5-6H2,(H,16,17)(H2,12,13,14,15). The van der Waals surface area contributed by atoms with Gasteiger partial charge in [0.1, 0.15) is 24.5 Å². The molecule has 0 radical (unpaired) electrons. The van der Waals surface area contributed by atoms with Gasteiger partial charge in [-0.1, -0.05) is 6.42 Å². The molecule has 1 aliphatic rings. The van der Waals surface area contributed by atoms with Crippen LogP contribution in [0.15, 0.2) is 12.4 Å². The highest BCUT2D eigenvalue weighted by Crippen LogP contribution is 2.26. The van der Waals surface area contributed by atoms with Gasteiger partial charge in [0, 0.05) is 12.6 Å². The normalized spacial score (nSPS) is 15.1. The van der Waals surface area contributed by atoms with Gasteiger partial charge in [0.25, 0.3) is 0 Å². The molecule has 0 aromatic carbocycles. The predicted molar refractivity (Wildman–Crippen MR) is 64.0 cm³/mol. The van der Waals surface area contributed by atoms with Gasteiger partial charge in [-0.25, -0.2) is 9.97 Å².